The molecular formula is C19H32FIN4O. The van der Waals surface area contributed by atoms with Crippen LogP contribution in [0.25, 0.3) is 0 Å². The molecule has 0 unspecified atom stereocenters. The first-order valence-corrected chi connectivity index (χ1v) is 9.16. The van der Waals surface area contributed by atoms with E-state index < -0.39 is 0 Å². The number of unbranched alkanes of at least 4 members (excludes halogenated alkanes) is 5. The zero-order valence-corrected chi connectivity index (χ0v) is 17.9. The lowest BCUT2D eigenvalue weighted by Gasteiger charge is -2.08. The lowest BCUT2D eigenvalue weighted by molar-refractivity contribution is -0.120. The van der Waals surface area contributed by atoms with Gasteiger partial charge in [-0.05, 0) is 24.1 Å². The second-order valence-electron chi connectivity index (χ2n) is 6.11. The molecule has 0 bridgehead atoms. The first kappa shape index (κ1) is 24.6. The third-order valence-corrected chi connectivity index (χ3v) is 3.83. The predicted octanol–water partition coefficient (Wildman–Crippen LogP) is 3.37. The fourth-order valence-electron chi connectivity index (χ4n) is 2.39. The fourth-order valence-corrected chi connectivity index (χ4v) is 2.39. The molecule has 26 heavy (non-hydrogen) atoms. The van der Waals surface area contributed by atoms with Crippen molar-refractivity contribution in [3.63, 3.8) is 0 Å². The van der Waals surface area contributed by atoms with Gasteiger partial charge in [-0.25, -0.2) is 4.39 Å². The molecule has 5 nitrogen and oxygen atoms in total. The number of hydrogen-bond donors (Lipinski definition) is 3. The van der Waals surface area contributed by atoms with Gasteiger partial charge in [0.05, 0.1) is 6.42 Å². The number of aliphatic imine (C=N–C) groups is 1. The Labute approximate surface area is 173 Å². The normalized spacial score (nSPS) is 10.9. The average molecular weight is 478 g/mol. The predicted molar refractivity (Wildman–Crippen MR) is 116 cm³/mol. The van der Waals surface area contributed by atoms with Crippen LogP contribution in [-0.4, -0.2) is 31.5 Å². The molecule has 0 saturated heterocycles. The van der Waals surface area contributed by atoms with Crippen molar-refractivity contribution >= 4 is 35.8 Å². The number of hydrogen-bond acceptors (Lipinski definition) is 2. The summed E-state index contributed by atoms with van der Waals surface area (Å²) in [5, 5.41) is 5.78. The Hall–Kier alpha value is -1.38. The van der Waals surface area contributed by atoms with Crippen LogP contribution in [0.1, 0.15) is 51.0 Å². The molecule has 0 spiro atoms. The molecular weight excluding hydrogens is 446 g/mol. The molecule has 1 aromatic rings. The summed E-state index contributed by atoms with van der Waals surface area (Å²) in [5.74, 6) is 0.0152. The van der Waals surface area contributed by atoms with Gasteiger partial charge in [-0.15, -0.1) is 24.0 Å². The van der Waals surface area contributed by atoms with Crippen LogP contribution >= 0.6 is 24.0 Å². The Kier molecular flexibility index (Phi) is 15.0. The van der Waals surface area contributed by atoms with E-state index in [0.29, 0.717) is 19.0 Å². The zero-order chi connectivity index (χ0) is 18.3. The molecule has 0 aromatic heterocycles. The van der Waals surface area contributed by atoms with Gasteiger partial charge in [0.25, 0.3) is 0 Å². The van der Waals surface area contributed by atoms with Crippen molar-refractivity contribution in [2.75, 3.05) is 19.6 Å². The zero-order valence-electron chi connectivity index (χ0n) is 15.6. The van der Waals surface area contributed by atoms with Gasteiger partial charge in [0.15, 0.2) is 5.96 Å². The highest BCUT2D eigenvalue weighted by Crippen LogP contribution is 2.05. The quantitative estimate of drug-likeness (QED) is 0.187. The Morgan fingerprint density at radius 1 is 1.04 bits per heavy atom. The third-order valence-electron chi connectivity index (χ3n) is 3.83. The molecule has 148 valence electrons. The Morgan fingerprint density at radius 2 is 1.65 bits per heavy atom. The van der Waals surface area contributed by atoms with E-state index in [0.717, 1.165) is 18.5 Å². The number of nitrogens with zero attached hydrogens (tertiary/aromatic N) is 1. The largest absolute Gasteiger partial charge is 0.370 e. The monoisotopic (exact) mass is 478 g/mol. The van der Waals surface area contributed by atoms with E-state index in [1.807, 2.05) is 0 Å². The highest BCUT2D eigenvalue weighted by molar-refractivity contribution is 14.0. The van der Waals surface area contributed by atoms with Crippen LogP contribution < -0.4 is 16.4 Å². The van der Waals surface area contributed by atoms with Crippen molar-refractivity contribution in [3.8, 4) is 0 Å². The number of amides is 1. The van der Waals surface area contributed by atoms with Gasteiger partial charge < -0.3 is 16.4 Å². The summed E-state index contributed by atoms with van der Waals surface area (Å²) in [4.78, 5) is 16.0. The van der Waals surface area contributed by atoms with Crippen molar-refractivity contribution < 1.29 is 9.18 Å². The number of nitrogens with one attached hydrogen (secondary N) is 2. The van der Waals surface area contributed by atoms with E-state index in [4.69, 9.17) is 5.73 Å². The molecule has 0 atom stereocenters. The molecule has 7 heteroatoms. The summed E-state index contributed by atoms with van der Waals surface area (Å²) >= 11 is 0. The van der Waals surface area contributed by atoms with E-state index >= 15 is 0 Å². The number of halogens is 2. The third kappa shape index (κ3) is 12.9. The summed E-state index contributed by atoms with van der Waals surface area (Å²) in [6.45, 7) is 3.94. The summed E-state index contributed by atoms with van der Waals surface area (Å²) in [5.41, 5.74) is 6.57. The second kappa shape index (κ2) is 15.8. The minimum Gasteiger partial charge on any atom is -0.370 e. The first-order chi connectivity index (χ1) is 12.1. The first-order valence-electron chi connectivity index (χ1n) is 9.16. The average Bonchev–Trinajstić information content (AvgIpc) is 2.60. The second-order valence-corrected chi connectivity index (χ2v) is 6.11. The van der Waals surface area contributed by atoms with Crippen molar-refractivity contribution in [3.05, 3.63) is 35.6 Å². The van der Waals surface area contributed by atoms with E-state index in [1.54, 1.807) is 12.1 Å². The van der Waals surface area contributed by atoms with Crippen LogP contribution in [0.5, 0.6) is 0 Å². The Bertz CT molecular complexity index is 523. The SMILES string of the molecule is CCCCCCCCN=C(N)NCCNC(=O)Cc1ccc(F)cc1.I. The van der Waals surface area contributed by atoms with Crippen molar-refractivity contribution in [2.24, 2.45) is 10.7 Å². The van der Waals surface area contributed by atoms with E-state index in [1.165, 1.54) is 44.2 Å². The molecule has 1 amide bonds. The molecule has 4 N–H and O–H groups in total. The van der Waals surface area contributed by atoms with Gasteiger partial charge in [-0.2, -0.15) is 0 Å². The number of benzene rings is 1. The smallest absolute Gasteiger partial charge is 0.224 e. The maximum atomic E-state index is 12.8. The molecule has 0 aliphatic heterocycles. The number of carbonyl (C=O) groups is 1. The standard InChI is InChI=1S/C19H31FN4O.HI/c1-2-3-4-5-6-7-12-23-19(21)24-14-13-22-18(25)15-16-8-10-17(20)11-9-16;/h8-11H,2-7,12-15H2,1H3,(H,22,25)(H3,21,23,24);1H. The Balaban J connectivity index is 0.00000625. The minimum atomic E-state index is -0.302. The minimum absolute atomic E-state index is 0. The lowest BCUT2D eigenvalue weighted by Crippen LogP contribution is -2.38. The number of nitrogens with two attached hydrogens (primary N) is 1. The van der Waals surface area contributed by atoms with Gasteiger partial charge >= 0.3 is 0 Å². The van der Waals surface area contributed by atoms with Crippen LogP contribution in [0.3, 0.4) is 0 Å². The number of rotatable bonds is 12. The number of carbonyl (C=O) groups excluding carboxylic acids is 1. The van der Waals surface area contributed by atoms with Gasteiger partial charge in [0.2, 0.25) is 5.91 Å². The molecule has 1 rings (SSSR count). The van der Waals surface area contributed by atoms with Crippen molar-refractivity contribution in [1.82, 2.24) is 10.6 Å². The lowest BCUT2D eigenvalue weighted by atomic mass is 10.1. The van der Waals surface area contributed by atoms with Crippen LogP contribution in [0.2, 0.25) is 0 Å². The van der Waals surface area contributed by atoms with Gasteiger partial charge in [0.1, 0.15) is 5.82 Å². The summed E-state index contributed by atoms with van der Waals surface area (Å²) < 4.78 is 12.8. The van der Waals surface area contributed by atoms with Gasteiger partial charge in [0, 0.05) is 19.6 Å². The molecule has 1 aromatic carbocycles. The van der Waals surface area contributed by atoms with Crippen LogP contribution in [0.15, 0.2) is 29.3 Å². The fraction of sp³-hybridized carbons (Fsp3) is 0.579. The summed E-state index contributed by atoms with van der Waals surface area (Å²) in [6.07, 6.45) is 7.61. The van der Waals surface area contributed by atoms with Gasteiger partial charge in [-0.3, -0.25) is 9.79 Å². The molecule has 0 fully saturated rings. The van der Waals surface area contributed by atoms with E-state index in [2.05, 4.69) is 22.5 Å². The molecule has 0 aliphatic carbocycles. The highest BCUT2D eigenvalue weighted by Gasteiger charge is 2.03. The maximum absolute atomic E-state index is 12.8. The van der Waals surface area contributed by atoms with Crippen LogP contribution in [-0.2, 0) is 11.2 Å². The molecule has 0 aliphatic rings. The summed E-state index contributed by atoms with van der Waals surface area (Å²) in [6, 6.07) is 5.93. The van der Waals surface area contributed by atoms with E-state index in [9.17, 15) is 9.18 Å². The molecule has 0 saturated carbocycles. The van der Waals surface area contributed by atoms with Crippen molar-refractivity contribution in [1.29, 1.82) is 0 Å². The maximum Gasteiger partial charge on any atom is 0.224 e. The molecule has 0 heterocycles. The topological polar surface area (TPSA) is 79.5 Å². The number of guanidine groups is 1. The van der Waals surface area contributed by atoms with Crippen LogP contribution in [0, 0.1) is 5.82 Å². The summed E-state index contributed by atoms with van der Waals surface area (Å²) in [7, 11) is 0. The van der Waals surface area contributed by atoms with Crippen molar-refractivity contribution in [2.45, 2.75) is 51.9 Å². The Morgan fingerprint density at radius 3 is 2.35 bits per heavy atom. The van der Waals surface area contributed by atoms with E-state index in [-0.39, 0.29) is 42.1 Å². The van der Waals surface area contributed by atoms with Gasteiger partial charge in [-0.1, -0.05) is 51.2 Å². The molecule has 0 radical (unpaired) electrons. The van der Waals surface area contributed by atoms with Crippen LogP contribution in [0.4, 0.5) is 4.39 Å². The highest BCUT2D eigenvalue weighted by atomic mass is 127.